The van der Waals surface area contributed by atoms with Crippen LogP contribution < -0.4 is 10.0 Å². The molecule has 3 aromatic rings. The van der Waals surface area contributed by atoms with Crippen molar-refractivity contribution in [2.45, 2.75) is 49.6 Å². The predicted octanol–water partition coefficient (Wildman–Crippen LogP) is 4.03. The number of carbonyl (C=O) groups excluding carboxylic acids is 1. The summed E-state index contributed by atoms with van der Waals surface area (Å²) in [6.45, 7) is 1.87. The molecule has 0 radical (unpaired) electrons. The number of hydrogen-bond donors (Lipinski definition) is 2. The first kappa shape index (κ1) is 22.5. The third kappa shape index (κ3) is 4.86. The Morgan fingerprint density at radius 2 is 1.75 bits per heavy atom. The summed E-state index contributed by atoms with van der Waals surface area (Å²) in [6, 6.07) is 12.7. The number of benzene rings is 2. The van der Waals surface area contributed by atoms with Crippen LogP contribution in [0.25, 0.3) is 10.9 Å². The van der Waals surface area contributed by atoms with Crippen LogP contribution in [0.1, 0.15) is 44.2 Å². The fourth-order valence-corrected chi connectivity index (χ4v) is 5.69. The van der Waals surface area contributed by atoms with Crippen molar-refractivity contribution in [2.24, 2.45) is 13.0 Å². The van der Waals surface area contributed by atoms with Crippen molar-refractivity contribution in [2.75, 3.05) is 0 Å². The highest BCUT2D eigenvalue weighted by molar-refractivity contribution is 7.89. The van der Waals surface area contributed by atoms with Gasteiger partial charge in [-0.3, -0.25) is 4.79 Å². The molecule has 32 heavy (non-hydrogen) atoms. The lowest BCUT2D eigenvalue weighted by molar-refractivity contribution is -0.126. The highest BCUT2D eigenvalue weighted by atomic mass is 32.2. The molecule has 6 nitrogen and oxygen atoms in total. The van der Waals surface area contributed by atoms with Crippen LogP contribution >= 0.6 is 0 Å². The van der Waals surface area contributed by atoms with Gasteiger partial charge in [0.1, 0.15) is 5.82 Å². The van der Waals surface area contributed by atoms with E-state index in [1.165, 1.54) is 12.1 Å². The van der Waals surface area contributed by atoms with E-state index >= 15 is 0 Å². The number of aromatic nitrogens is 1. The van der Waals surface area contributed by atoms with Crippen molar-refractivity contribution >= 4 is 26.8 Å². The molecule has 1 heterocycles. The first-order valence-electron chi connectivity index (χ1n) is 10.9. The zero-order valence-corrected chi connectivity index (χ0v) is 19.0. The quantitative estimate of drug-likeness (QED) is 0.587. The third-order valence-corrected chi connectivity index (χ3v) is 7.83. The molecule has 0 saturated heterocycles. The SMILES string of the molecule is C[C@@H](NC(=O)C1CCC(NS(=O)(=O)c2ccc3c(ccn3C)c2)CC1)c1ccc(F)cc1. The van der Waals surface area contributed by atoms with Gasteiger partial charge in [-0.25, -0.2) is 17.5 Å². The summed E-state index contributed by atoms with van der Waals surface area (Å²) in [6.07, 6.45) is 4.35. The second kappa shape index (κ2) is 9.03. The number of amides is 1. The zero-order chi connectivity index (χ0) is 22.9. The average Bonchev–Trinajstić information content (AvgIpc) is 3.14. The Labute approximate surface area is 187 Å². The maximum atomic E-state index is 13.1. The van der Waals surface area contributed by atoms with Crippen LogP contribution in [-0.4, -0.2) is 24.9 Å². The second-order valence-corrected chi connectivity index (χ2v) is 10.3. The fraction of sp³-hybridized carbons (Fsp3) is 0.375. The Balaban J connectivity index is 1.32. The molecule has 4 rings (SSSR count). The first-order valence-corrected chi connectivity index (χ1v) is 12.3. The minimum absolute atomic E-state index is 0.0438. The summed E-state index contributed by atoms with van der Waals surface area (Å²) in [7, 11) is -1.71. The number of rotatable bonds is 6. The molecule has 1 aliphatic rings. The lowest BCUT2D eigenvalue weighted by Crippen LogP contribution is -2.41. The minimum Gasteiger partial charge on any atom is -0.351 e. The molecule has 1 aliphatic carbocycles. The summed E-state index contributed by atoms with van der Waals surface area (Å²) >= 11 is 0. The molecule has 2 aromatic carbocycles. The summed E-state index contributed by atoms with van der Waals surface area (Å²) in [4.78, 5) is 12.9. The van der Waals surface area contributed by atoms with E-state index in [2.05, 4.69) is 10.0 Å². The van der Waals surface area contributed by atoms with Gasteiger partial charge in [-0.1, -0.05) is 12.1 Å². The van der Waals surface area contributed by atoms with E-state index in [4.69, 9.17) is 0 Å². The molecule has 1 amide bonds. The predicted molar refractivity (Wildman–Crippen MR) is 122 cm³/mol. The van der Waals surface area contributed by atoms with Gasteiger partial charge in [-0.15, -0.1) is 0 Å². The molecular formula is C24H28FN3O3S. The monoisotopic (exact) mass is 457 g/mol. The standard InChI is InChI=1S/C24H28FN3O3S/c1-16(17-3-7-20(25)8-4-17)26-24(29)18-5-9-21(10-6-18)27-32(30,31)22-11-12-23-19(15-22)13-14-28(23)2/h3-4,7-8,11-16,18,21,27H,5-6,9-10H2,1-2H3,(H,26,29)/t16-,18?,21?/m1/s1. The van der Waals surface area contributed by atoms with Crippen molar-refractivity contribution in [3.63, 3.8) is 0 Å². The van der Waals surface area contributed by atoms with E-state index < -0.39 is 10.0 Å². The number of nitrogens with one attached hydrogen (secondary N) is 2. The topological polar surface area (TPSA) is 80.2 Å². The first-order chi connectivity index (χ1) is 15.2. The number of hydrogen-bond acceptors (Lipinski definition) is 3. The van der Waals surface area contributed by atoms with Gasteiger partial charge in [-0.05, 0) is 74.6 Å². The van der Waals surface area contributed by atoms with Gasteiger partial charge in [0.25, 0.3) is 0 Å². The van der Waals surface area contributed by atoms with Gasteiger partial charge < -0.3 is 9.88 Å². The Hall–Kier alpha value is -2.71. The van der Waals surface area contributed by atoms with Crippen LogP contribution in [-0.2, 0) is 21.9 Å². The second-order valence-electron chi connectivity index (χ2n) is 8.60. The highest BCUT2D eigenvalue weighted by Gasteiger charge is 2.30. The van der Waals surface area contributed by atoms with Crippen LogP contribution in [0.3, 0.4) is 0 Å². The lowest BCUT2D eigenvalue weighted by Gasteiger charge is -2.29. The van der Waals surface area contributed by atoms with Crippen molar-refractivity contribution in [3.05, 3.63) is 66.1 Å². The van der Waals surface area contributed by atoms with E-state index in [1.54, 1.807) is 24.3 Å². The van der Waals surface area contributed by atoms with Crippen LogP contribution in [0.5, 0.6) is 0 Å². The van der Waals surface area contributed by atoms with Crippen LogP contribution in [0.2, 0.25) is 0 Å². The highest BCUT2D eigenvalue weighted by Crippen LogP contribution is 2.27. The maximum absolute atomic E-state index is 13.1. The molecule has 1 saturated carbocycles. The van der Waals surface area contributed by atoms with Gasteiger partial charge >= 0.3 is 0 Å². The smallest absolute Gasteiger partial charge is 0.240 e. The molecular weight excluding hydrogens is 429 g/mol. The third-order valence-electron chi connectivity index (χ3n) is 6.32. The van der Waals surface area contributed by atoms with Crippen LogP contribution in [0.15, 0.2) is 59.6 Å². The molecule has 170 valence electrons. The molecule has 2 N–H and O–H groups in total. The number of sulfonamides is 1. The van der Waals surface area contributed by atoms with E-state index in [9.17, 15) is 17.6 Å². The summed E-state index contributed by atoms with van der Waals surface area (Å²) in [5.41, 5.74) is 1.82. The van der Waals surface area contributed by atoms with Crippen LogP contribution in [0.4, 0.5) is 4.39 Å². The summed E-state index contributed by atoms with van der Waals surface area (Å²) in [5.74, 6) is -0.506. The molecule has 1 fully saturated rings. The Kier molecular flexibility index (Phi) is 6.35. The molecule has 1 aromatic heterocycles. The number of halogens is 1. The average molecular weight is 458 g/mol. The molecule has 0 spiro atoms. The van der Waals surface area contributed by atoms with Gasteiger partial charge in [0.2, 0.25) is 15.9 Å². The maximum Gasteiger partial charge on any atom is 0.240 e. The van der Waals surface area contributed by atoms with E-state index in [-0.39, 0.29) is 34.6 Å². The van der Waals surface area contributed by atoms with Gasteiger partial charge in [0.15, 0.2) is 0 Å². The van der Waals surface area contributed by atoms with Gasteiger partial charge in [0.05, 0.1) is 10.9 Å². The van der Waals surface area contributed by atoms with Crippen LogP contribution in [0, 0.1) is 11.7 Å². The van der Waals surface area contributed by atoms with Crippen molar-refractivity contribution in [1.82, 2.24) is 14.6 Å². The number of nitrogens with zero attached hydrogens (tertiary/aromatic N) is 1. The summed E-state index contributed by atoms with van der Waals surface area (Å²) in [5, 5.41) is 3.87. The number of carbonyl (C=O) groups is 1. The Morgan fingerprint density at radius 1 is 1.06 bits per heavy atom. The molecule has 0 aliphatic heterocycles. The normalized spacial score (nSPS) is 20.2. The zero-order valence-electron chi connectivity index (χ0n) is 18.2. The van der Waals surface area contributed by atoms with Crippen molar-refractivity contribution in [1.29, 1.82) is 0 Å². The molecule has 8 heteroatoms. The molecule has 0 unspecified atom stereocenters. The minimum atomic E-state index is -3.63. The number of aryl methyl sites for hydroxylation is 1. The Bertz CT molecular complexity index is 1210. The molecule has 0 bridgehead atoms. The largest absolute Gasteiger partial charge is 0.351 e. The Morgan fingerprint density at radius 3 is 2.44 bits per heavy atom. The summed E-state index contributed by atoms with van der Waals surface area (Å²) < 4.78 is 43.6. The van der Waals surface area contributed by atoms with Gasteiger partial charge in [0, 0.05) is 36.1 Å². The molecule has 1 atom stereocenters. The van der Waals surface area contributed by atoms with Crippen molar-refractivity contribution in [3.8, 4) is 0 Å². The van der Waals surface area contributed by atoms with E-state index in [0.717, 1.165) is 16.5 Å². The van der Waals surface area contributed by atoms with Gasteiger partial charge in [-0.2, -0.15) is 0 Å². The number of fused-ring (bicyclic) bond motifs is 1. The van der Waals surface area contributed by atoms with Crippen molar-refractivity contribution < 1.29 is 17.6 Å². The van der Waals surface area contributed by atoms with E-state index in [1.807, 2.05) is 36.9 Å². The van der Waals surface area contributed by atoms with E-state index in [0.29, 0.717) is 25.7 Å². The lowest BCUT2D eigenvalue weighted by atomic mass is 9.85. The fourth-order valence-electron chi connectivity index (χ4n) is 4.35.